The second kappa shape index (κ2) is 8.60. The maximum absolute atomic E-state index is 12.3. The third-order valence-electron chi connectivity index (χ3n) is 4.46. The van der Waals surface area contributed by atoms with E-state index in [-0.39, 0.29) is 12.0 Å². The zero-order chi connectivity index (χ0) is 17.5. The van der Waals surface area contributed by atoms with Gasteiger partial charge in [-0.05, 0) is 31.9 Å². The molecule has 0 bridgehead atoms. The average molecular weight is 343 g/mol. The highest BCUT2D eigenvalue weighted by Crippen LogP contribution is 2.26. The van der Waals surface area contributed by atoms with Gasteiger partial charge in [-0.1, -0.05) is 30.9 Å². The van der Waals surface area contributed by atoms with Crippen molar-refractivity contribution in [3.63, 3.8) is 0 Å². The maximum atomic E-state index is 12.3. The monoisotopic (exact) mass is 343 g/mol. The van der Waals surface area contributed by atoms with Crippen LogP contribution in [0.3, 0.4) is 0 Å². The molecule has 0 aromatic carbocycles. The Morgan fingerprint density at radius 1 is 1.36 bits per heavy atom. The minimum absolute atomic E-state index is 0.162. The first kappa shape index (κ1) is 17.4. The molecule has 25 heavy (non-hydrogen) atoms. The number of aromatic nitrogens is 4. The van der Waals surface area contributed by atoms with Gasteiger partial charge in [0.2, 0.25) is 0 Å². The fourth-order valence-corrected chi connectivity index (χ4v) is 3.10. The van der Waals surface area contributed by atoms with Crippen LogP contribution < -0.4 is 10.1 Å². The molecule has 1 saturated carbocycles. The number of carbonyl (C=O) groups is 1. The fraction of sp³-hybridized carbons (Fsp3) is 0.556. The summed E-state index contributed by atoms with van der Waals surface area (Å²) in [6.07, 6.45) is 12.2. The molecule has 1 aliphatic rings. The van der Waals surface area contributed by atoms with Gasteiger partial charge in [0.15, 0.2) is 5.69 Å². The Kier molecular flexibility index (Phi) is 5.98. The number of nitrogens with one attached hydrogen (secondary N) is 1. The first-order chi connectivity index (χ1) is 12.2. The molecular formula is C18H25N5O2. The maximum Gasteiger partial charge on any atom is 0.273 e. The predicted molar refractivity (Wildman–Crippen MR) is 93.4 cm³/mol. The lowest BCUT2D eigenvalue weighted by molar-refractivity contribution is 0.0927. The number of nitrogens with zero attached hydrogens (tertiary/aromatic N) is 4. The van der Waals surface area contributed by atoms with Crippen LogP contribution in [0.25, 0.3) is 0 Å². The molecule has 2 heterocycles. The third kappa shape index (κ3) is 5.01. The number of hydrogen-bond acceptors (Lipinski definition) is 5. The molecule has 0 aliphatic heterocycles. The molecule has 0 unspecified atom stereocenters. The second-order valence-electron chi connectivity index (χ2n) is 6.56. The van der Waals surface area contributed by atoms with Crippen LogP contribution in [0.4, 0.5) is 0 Å². The summed E-state index contributed by atoms with van der Waals surface area (Å²) in [6.45, 7) is 2.29. The summed E-state index contributed by atoms with van der Waals surface area (Å²) >= 11 is 0. The highest BCUT2D eigenvalue weighted by molar-refractivity contribution is 5.91. The summed E-state index contributed by atoms with van der Waals surface area (Å²) in [7, 11) is 0. The van der Waals surface area contributed by atoms with Crippen molar-refractivity contribution in [2.24, 2.45) is 0 Å². The molecule has 2 aromatic rings. The molecule has 0 saturated heterocycles. The van der Waals surface area contributed by atoms with Crippen LogP contribution in [0.1, 0.15) is 62.0 Å². The van der Waals surface area contributed by atoms with Gasteiger partial charge in [-0.3, -0.25) is 9.78 Å². The molecule has 1 atom stereocenters. The highest BCUT2D eigenvalue weighted by Gasteiger charge is 2.18. The summed E-state index contributed by atoms with van der Waals surface area (Å²) < 4.78 is 7.55. The SMILES string of the molecule is C[C@@H](CNC(=O)c1cn(C2CCCCCC2)nn1)Oc1cccnc1. The molecule has 1 fully saturated rings. The van der Waals surface area contributed by atoms with Gasteiger partial charge in [0.25, 0.3) is 5.91 Å². The Hall–Kier alpha value is -2.44. The first-order valence-electron chi connectivity index (χ1n) is 8.99. The van der Waals surface area contributed by atoms with Crippen molar-refractivity contribution in [1.82, 2.24) is 25.3 Å². The summed E-state index contributed by atoms with van der Waals surface area (Å²) in [6, 6.07) is 4.01. The smallest absolute Gasteiger partial charge is 0.273 e. The van der Waals surface area contributed by atoms with Crippen LogP contribution in [0.5, 0.6) is 5.75 Å². The van der Waals surface area contributed by atoms with E-state index in [2.05, 4.69) is 20.6 Å². The Bertz CT molecular complexity index is 665. The van der Waals surface area contributed by atoms with Crippen molar-refractivity contribution in [2.75, 3.05) is 6.54 Å². The Morgan fingerprint density at radius 2 is 2.16 bits per heavy atom. The molecule has 1 amide bonds. The Balaban J connectivity index is 1.49. The van der Waals surface area contributed by atoms with Crippen molar-refractivity contribution in [3.8, 4) is 5.75 Å². The van der Waals surface area contributed by atoms with Crippen molar-refractivity contribution in [3.05, 3.63) is 36.4 Å². The van der Waals surface area contributed by atoms with E-state index in [0.717, 1.165) is 12.8 Å². The van der Waals surface area contributed by atoms with Crippen LogP contribution in [-0.2, 0) is 0 Å². The molecule has 1 N–H and O–H groups in total. The number of pyridine rings is 1. The van der Waals surface area contributed by atoms with Gasteiger partial charge >= 0.3 is 0 Å². The largest absolute Gasteiger partial charge is 0.487 e. The van der Waals surface area contributed by atoms with Crippen LogP contribution in [0, 0.1) is 0 Å². The highest BCUT2D eigenvalue weighted by atomic mass is 16.5. The van der Waals surface area contributed by atoms with E-state index >= 15 is 0 Å². The van der Waals surface area contributed by atoms with Gasteiger partial charge in [0.05, 0.1) is 25.0 Å². The van der Waals surface area contributed by atoms with E-state index in [9.17, 15) is 4.79 Å². The zero-order valence-electron chi connectivity index (χ0n) is 14.6. The number of carbonyl (C=O) groups excluding carboxylic acids is 1. The number of hydrogen-bond donors (Lipinski definition) is 1. The Labute approximate surface area is 147 Å². The number of ether oxygens (including phenoxy) is 1. The van der Waals surface area contributed by atoms with E-state index in [1.807, 2.05) is 23.7 Å². The molecule has 134 valence electrons. The van der Waals surface area contributed by atoms with Crippen LogP contribution in [0.2, 0.25) is 0 Å². The molecular weight excluding hydrogens is 318 g/mol. The molecule has 3 rings (SSSR count). The number of rotatable bonds is 6. The van der Waals surface area contributed by atoms with Gasteiger partial charge in [-0.25, -0.2) is 4.68 Å². The molecule has 0 spiro atoms. The van der Waals surface area contributed by atoms with Crippen molar-refractivity contribution < 1.29 is 9.53 Å². The molecule has 2 aromatic heterocycles. The van der Waals surface area contributed by atoms with E-state index in [4.69, 9.17) is 4.74 Å². The van der Waals surface area contributed by atoms with Gasteiger partial charge in [-0.2, -0.15) is 0 Å². The second-order valence-corrected chi connectivity index (χ2v) is 6.56. The number of amides is 1. The van der Waals surface area contributed by atoms with Crippen LogP contribution in [0.15, 0.2) is 30.7 Å². The zero-order valence-corrected chi connectivity index (χ0v) is 14.6. The average Bonchev–Trinajstić information content (AvgIpc) is 2.96. The standard InChI is InChI=1S/C18H25N5O2/c1-14(25-16-9-6-10-19-12-16)11-20-18(24)17-13-23(22-21-17)15-7-4-2-3-5-8-15/h6,9-10,12-15H,2-5,7-8,11H2,1H3,(H,20,24)/t14-/m0/s1. The predicted octanol–water partition coefficient (Wildman–Crippen LogP) is 2.77. The van der Waals surface area contributed by atoms with Crippen molar-refractivity contribution >= 4 is 5.91 Å². The molecule has 7 heteroatoms. The van der Waals surface area contributed by atoms with Gasteiger partial charge < -0.3 is 10.1 Å². The van der Waals surface area contributed by atoms with E-state index < -0.39 is 0 Å². The van der Waals surface area contributed by atoms with Gasteiger partial charge in [0, 0.05) is 6.20 Å². The van der Waals surface area contributed by atoms with E-state index in [1.165, 1.54) is 25.7 Å². The Morgan fingerprint density at radius 3 is 2.88 bits per heavy atom. The quantitative estimate of drug-likeness (QED) is 0.816. The molecule has 1 aliphatic carbocycles. The van der Waals surface area contributed by atoms with E-state index in [0.29, 0.717) is 24.0 Å². The lowest BCUT2D eigenvalue weighted by Gasteiger charge is -2.14. The topological polar surface area (TPSA) is 81.9 Å². The summed E-state index contributed by atoms with van der Waals surface area (Å²) in [5, 5.41) is 11.0. The minimum atomic E-state index is -0.221. The third-order valence-corrected chi connectivity index (χ3v) is 4.46. The lowest BCUT2D eigenvalue weighted by atomic mass is 10.1. The summed E-state index contributed by atoms with van der Waals surface area (Å²) in [5.41, 5.74) is 0.359. The van der Waals surface area contributed by atoms with Crippen molar-refractivity contribution in [2.45, 2.75) is 57.6 Å². The fourth-order valence-electron chi connectivity index (χ4n) is 3.10. The van der Waals surface area contributed by atoms with Crippen molar-refractivity contribution in [1.29, 1.82) is 0 Å². The molecule has 0 radical (unpaired) electrons. The first-order valence-corrected chi connectivity index (χ1v) is 8.99. The molecule has 7 nitrogen and oxygen atoms in total. The normalized spacial score (nSPS) is 16.8. The van der Waals surface area contributed by atoms with Gasteiger partial charge in [0.1, 0.15) is 11.9 Å². The summed E-state index contributed by atoms with van der Waals surface area (Å²) in [5.74, 6) is 0.463. The van der Waals surface area contributed by atoms with E-state index in [1.54, 1.807) is 18.6 Å². The summed E-state index contributed by atoms with van der Waals surface area (Å²) in [4.78, 5) is 16.3. The minimum Gasteiger partial charge on any atom is -0.487 e. The van der Waals surface area contributed by atoms with Crippen LogP contribution in [-0.4, -0.2) is 38.5 Å². The van der Waals surface area contributed by atoms with Crippen LogP contribution >= 0.6 is 0 Å². The van der Waals surface area contributed by atoms with Gasteiger partial charge in [-0.15, -0.1) is 5.10 Å². The lowest BCUT2D eigenvalue weighted by Crippen LogP contribution is -2.33.